The molecule has 2 rings (SSSR count). The third-order valence-electron chi connectivity index (χ3n) is 2.60. The highest BCUT2D eigenvalue weighted by Crippen LogP contribution is 2.31. The minimum absolute atomic E-state index is 0.0581. The van der Waals surface area contributed by atoms with Crippen molar-refractivity contribution in [3.8, 4) is 5.69 Å². The van der Waals surface area contributed by atoms with Crippen LogP contribution in [0.3, 0.4) is 0 Å². The van der Waals surface area contributed by atoms with Gasteiger partial charge in [-0.2, -0.15) is 13.2 Å². The maximum atomic E-state index is 12.7. The quantitative estimate of drug-likeness (QED) is 0.858. The normalized spacial score (nSPS) is 11.8. The monoisotopic (exact) mass is 289 g/mol. The predicted octanol–water partition coefficient (Wildman–Crippen LogP) is 3.89. The molecule has 0 N–H and O–H groups in total. The van der Waals surface area contributed by atoms with Crippen LogP contribution in [0, 0.1) is 0 Å². The molecule has 19 heavy (non-hydrogen) atoms. The van der Waals surface area contributed by atoms with E-state index in [4.69, 9.17) is 11.6 Å². The van der Waals surface area contributed by atoms with Crippen LogP contribution in [0.5, 0.6) is 0 Å². The molecule has 0 saturated heterocycles. The Kier molecular flexibility index (Phi) is 3.80. The van der Waals surface area contributed by atoms with E-state index < -0.39 is 11.7 Å². The topological polar surface area (TPSA) is 30.7 Å². The van der Waals surface area contributed by atoms with Gasteiger partial charge in [-0.1, -0.05) is 13.0 Å². The number of rotatable bonds is 3. The Balaban J connectivity index is 2.50. The lowest BCUT2D eigenvalue weighted by Gasteiger charge is -2.11. The second kappa shape index (κ2) is 5.21. The van der Waals surface area contributed by atoms with Gasteiger partial charge in [0.25, 0.3) is 0 Å². The van der Waals surface area contributed by atoms with E-state index in [0.29, 0.717) is 17.9 Å². The van der Waals surface area contributed by atoms with Crippen molar-refractivity contribution in [2.45, 2.75) is 25.9 Å². The van der Waals surface area contributed by atoms with E-state index in [1.807, 2.05) is 6.92 Å². The van der Waals surface area contributed by atoms with Crippen molar-refractivity contribution in [1.29, 1.82) is 0 Å². The van der Waals surface area contributed by atoms with Crippen molar-refractivity contribution in [1.82, 2.24) is 14.8 Å². The third-order valence-corrected chi connectivity index (χ3v) is 2.84. The van der Waals surface area contributed by atoms with Crippen molar-refractivity contribution < 1.29 is 13.2 Å². The third kappa shape index (κ3) is 2.89. The summed E-state index contributed by atoms with van der Waals surface area (Å²) >= 11 is 5.89. The number of aryl methyl sites for hydroxylation is 1. The van der Waals surface area contributed by atoms with Gasteiger partial charge < -0.3 is 0 Å². The maximum Gasteiger partial charge on any atom is 0.416 e. The Bertz CT molecular complexity index is 578. The summed E-state index contributed by atoms with van der Waals surface area (Å²) in [4.78, 5) is 0. The molecule has 0 aliphatic rings. The van der Waals surface area contributed by atoms with E-state index in [2.05, 4.69) is 10.2 Å². The van der Waals surface area contributed by atoms with Gasteiger partial charge in [0.1, 0.15) is 5.82 Å². The molecule has 1 heterocycles. The summed E-state index contributed by atoms with van der Waals surface area (Å²) in [6.07, 6.45) is -2.99. The molecule has 7 heteroatoms. The lowest BCUT2D eigenvalue weighted by molar-refractivity contribution is -0.137. The van der Waals surface area contributed by atoms with Crippen molar-refractivity contribution in [3.63, 3.8) is 0 Å². The van der Waals surface area contributed by atoms with Crippen LogP contribution in [0.25, 0.3) is 5.69 Å². The van der Waals surface area contributed by atoms with Gasteiger partial charge in [-0.15, -0.1) is 10.2 Å². The van der Waals surface area contributed by atoms with E-state index in [1.165, 1.54) is 10.6 Å². The smallest absolute Gasteiger partial charge is 0.270 e. The average molecular weight is 290 g/mol. The van der Waals surface area contributed by atoms with Crippen LogP contribution < -0.4 is 0 Å². The largest absolute Gasteiger partial charge is 0.416 e. The summed E-state index contributed by atoms with van der Waals surface area (Å²) in [6, 6.07) is 4.93. The van der Waals surface area contributed by atoms with Gasteiger partial charge in [0.15, 0.2) is 0 Å². The highest BCUT2D eigenvalue weighted by molar-refractivity contribution is 6.28. The first-order valence-corrected chi connectivity index (χ1v) is 6.08. The molecule has 1 aromatic heterocycles. The van der Waals surface area contributed by atoms with Crippen molar-refractivity contribution in [2.24, 2.45) is 0 Å². The van der Waals surface area contributed by atoms with Gasteiger partial charge in [0.05, 0.1) is 11.3 Å². The zero-order valence-electron chi connectivity index (χ0n) is 10.1. The molecule has 1 aromatic carbocycles. The summed E-state index contributed by atoms with van der Waals surface area (Å²) in [7, 11) is 0. The number of alkyl halides is 3. The van der Waals surface area contributed by atoms with Gasteiger partial charge in [-0.25, -0.2) is 0 Å². The zero-order valence-corrected chi connectivity index (χ0v) is 10.8. The molecule has 3 nitrogen and oxygen atoms in total. The van der Waals surface area contributed by atoms with Crippen LogP contribution in [0.1, 0.15) is 24.7 Å². The minimum Gasteiger partial charge on any atom is -0.270 e. The van der Waals surface area contributed by atoms with Crippen molar-refractivity contribution in [3.05, 3.63) is 40.9 Å². The fraction of sp³-hybridized carbons (Fsp3) is 0.333. The molecular formula is C12H11ClF3N3. The van der Waals surface area contributed by atoms with E-state index in [1.54, 1.807) is 6.07 Å². The fourth-order valence-corrected chi connectivity index (χ4v) is 1.99. The van der Waals surface area contributed by atoms with E-state index in [-0.39, 0.29) is 5.28 Å². The van der Waals surface area contributed by atoms with Crippen LogP contribution in [0.2, 0.25) is 5.28 Å². The summed E-state index contributed by atoms with van der Waals surface area (Å²) in [6.45, 7) is 1.94. The summed E-state index contributed by atoms with van der Waals surface area (Å²) < 4.78 is 39.5. The second-order valence-corrected chi connectivity index (χ2v) is 4.36. The second-order valence-electron chi connectivity index (χ2n) is 4.02. The SMILES string of the molecule is CCCc1nnc(Cl)n1-c1cccc(C(F)(F)F)c1. The Morgan fingerprint density at radius 3 is 2.63 bits per heavy atom. The molecule has 2 aromatic rings. The van der Waals surface area contributed by atoms with E-state index in [9.17, 15) is 13.2 Å². The molecular weight excluding hydrogens is 279 g/mol. The number of nitrogens with zero attached hydrogens (tertiary/aromatic N) is 3. The highest BCUT2D eigenvalue weighted by Gasteiger charge is 2.30. The Morgan fingerprint density at radius 1 is 1.26 bits per heavy atom. The fourth-order valence-electron chi connectivity index (χ4n) is 1.76. The predicted molar refractivity (Wildman–Crippen MR) is 65.4 cm³/mol. The Hall–Kier alpha value is -1.56. The number of hydrogen-bond acceptors (Lipinski definition) is 2. The number of aromatic nitrogens is 3. The van der Waals surface area contributed by atoms with Crippen LogP contribution >= 0.6 is 11.6 Å². The number of halogens is 4. The standard InChI is InChI=1S/C12H11ClF3N3/c1-2-4-10-17-18-11(13)19(10)9-6-3-5-8(7-9)12(14,15)16/h3,5-7H,2,4H2,1H3. The van der Waals surface area contributed by atoms with Crippen molar-refractivity contribution in [2.75, 3.05) is 0 Å². The molecule has 0 radical (unpaired) electrons. The molecule has 0 unspecified atom stereocenters. The van der Waals surface area contributed by atoms with Crippen LogP contribution in [0.15, 0.2) is 24.3 Å². The summed E-state index contributed by atoms with van der Waals surface area (Å²) in [5.41, 5.74) is -0.412. The van der Waals surface area contributed by atoms with Crippen LogP contribution in [-0.4, -0.2) is 14.8 Å². The maximum absolute atomic E-state index is 12.7. The van der Waals surface area contributed by atoms with Crippen LogP contribution in [0.4, 0.5) is 13.2 Å². The molecule has 0 atom stereocenters. The zero-order chi connectivity index (χ0) is 14.0. The molecule has 0 spiro atoms. The Labute approximate surface area is 113 Å². The molecule has 102 valence electrons. The first-order valence-electron chi connectivity index (χ1n) is 5.71. The highest BCUT2D eigenvalue weighted by atomic mass is 35.5. The summed E-state index contributed by atoms with van der Waals surface area (Å²) in [5, 5.41) is 7.63. The van der Waals surface area contributed by atoms with Crippen LogP contribution in [-0.2, 0) is 12.6 Å². The molecule has 0 bridgehead atoms. The van der Waals surface area contributed by atoms with Gasteiger partial charge >= 0.3 is 6.18 Å². The molecule has 0 aliphatic carbocycles. The minimum atomic E-state index is -4.39. The molecule has 0 saturated carbocycles. The van der Waals surface area contributed by atoms with Gasteiger partial charge in [-0.05, 0) is 36.2 Å². The lowest BCUT2D eigenvalue weighted by atomic mass is 10.2. The first kappa shape index (κ1) is 13.9. The molecule has 0 amide bonds. The lowest BCUT2D eigenvalue weighted by Crippen LogP contribution is -2.07. The van der Waals surface area contributed by atoms with Gasteiger partial charge in [0, 0.05) is 6.42 Å². The summed E-state index contributed by atoms with van der Waals surface area (Å²) in [5.74, 6) is 0.548. The van der Waals surface area contributed by atoms with E-state index >= 15 is 0 Å². The molecule has 0 aliphatic heterocycles. The van der Waals surface area contributed by atoms with Crippen molar-refractivity contribution >= 4 is 11.6 Å². The van der Waals surface area contributed by atoms with Gasteiger partial charge in [0.2, 0.25) is 5.28 Å². The number of hydrogen-bond donors (Lipinski definition) is 0. The first-order chi connectivity index (χ1) is 8.93. The molecule has 0 fully saturated rings. The number of benzene rings is 1. The Morgan fingerprint density at radius 2 is 2.00 bits per heavy atom. The average Bonchev–Trinajstić information content (AvgIpc) is 2.70. The van der Waals surface area contributed by atoms with Gasteiger partial charge in [-0.3, -0.25) is 4.57 Å². The van der Waals surface area contributed by atoms with E-state index in [0.717, 1.165) is 18.6 Å².